The van der Waals surface area contributed by atoms with Gasteiger partial charge in [0.05, 0.1) is 0 Å². The summed E-state index contributed by atoms with van der Waals surface area (Å²) < 4.78 is 14.4. The smallest absolute Gasteiger partial charge is 0.379 e. The normalized spacial score (nSPS) is 18.0. The number of hydrogen-bond donors (Lipinski definition) is 4. The van der Waals surface area contributed by atoms with Crippen LogP contribution in [0.4, 0.5) is 0 Å². The molecule has 0 aromatic carbocycles. The fourth-order valence-electron chi connectivity index (χ4n) is 0.483. The van der Waals surface area contributed by atoms with Gasteiger partial charge in [-0.25, -0.2) is 20.3 Å². The largest absolute Gasteiger partial charge is 0.455 e. The average Bonchev–Trinajstić information content (AvgIpc) is 1.84. The van der Waals surface area contributed by atoms with E-state index in [1.807, 2.05) is 0 Å². The Labute approximate surface area is 69.8 Å². The molecule has 0 aromatic rings. The van der Waals surface area contributed by atoms with E-state index < -0.39 is 19.8 Å². The number of nitrogens with two attached hydrogens (primary N) is 1. The lowest BCUT2D eigenvalue weighted by atomic mass is 10.4. The van der Waals surface area contributed by atoms with Crippen LogP contribution in [0.15, 0.2) is 0 Å². The van der Waals surface area contributed by atoms with Gasteiger partial charge >= 0.3 is 13.7 Å². The Morgan fingerprint density at radius 1 is 1.75 bits per heavy atom. The van der Waals surface area contributed by atoms with Gasteiger partial charge in [-0.2, -0.15) is 0 Å². The highest BCUT2D eigenvalue weighted by Crippen LogP contribution is 2.31. The molecule has 0 aliphatic rings. The number of carbonyl (C=O) groups is 1. The SMILES string of the molecule is CNN[C@@H](C)C(=O)OP(N)(=O)O. The first kappa shape index (κ1) is 11.5. The first-order valence-corrected chi connectivity index (χ1v) is 4.78. The van der Waals surface area contributed by atoms with Gasteiger partial charge in [0.1, 0.15) is 6.04 Å². The van der Waals surface area contributed by atoms with Crippen LogP contribution in [-0.2, 0) is 13.9 Å². The molecule has 0 spiro atoms. The summed E-state index contributed by atoms with van der Waals surface area (Å²) in [6, 6.07) is -0.737. The van der Waals surface area contributed by atoms with E-state index in [2.05, 4.69) is 20.9 Å². The fourth-order valence-corrected chi connectivity index (χ4v) is 0.899. The molecule has 0 radical (unpaired) electrons. The molecule has 1 unspecified atom stereocenters. The van der Waals surface area contributed by atoms with E-state index in [0.29, 0.717) is 0 Å². The fraction of sp³-hybridized carbons (Fsp3) is 0.750. The molecule has 0 fully saturated rings. The summed E-state index contributed by atoms with van der Waals surface area (Å²) >= 11 is 0. The second-order valence-corrected chi connectivity index (χ2v) is 3.40. The van der Waals surface area contributed by atoms with Gasteiger partial charge in [0.2, 0.25) is 0 Å². The zero-order valence-electron chi connectivity index (χ0n) is 6.77. The van der Waals surface area contributed by atoms with Crippen LogP contribution in [0.5, 0.6) is 0 Å². The predicted octanol–water partition coefficient (Wildman–Crippen LogP) is -1.30. The molecule has 0 saturated carbocycles. The van der Waals surface area contributed by atoms with Gasteiger partial charge < -0.3 is 9.42 Å². The van der Waals surface area contributed by atoms with Crippen LogP contribution in [0.1, 0.15) is 6.92 Å². The van der Waals surface area contributed by atoms with Gasteiger partial charge in [-0.3, -0.25) is 5.43 Å². The lowest BCUT2D eigenvalue weighted by Crippen LogP contribution is -2.42. The Balaban J connectivity index is 3.96. The second kappa shape index (κ2) is 4.54. The van der Waals surface area contributed by atoms with Gasteiger partial charge in [-0.15, -0.1) is 0 Å². The molecule has 0 saturated heterocycles. The van der Waals surface area contributed by atoms with Crippen molar-refractivity contribution in [1.29, 1.82) is 0 Å². The zero-order chi connectivity index (χ0) is 9.78. The summed E-state index contributed by atoms with van der Waals surface area (Å²) in [6.45, 7) is 1.45. The van der Waals surface area contributed by atoms with E-state index in [1.165, 1.54) is 6.92 Å². The Kier molecular flexibility index (Phi) is 4.36. The molecule has 0 aliphatic carbocycles. The van der Waals surface area contributed by atoms with Gasteiger partial charge in [0.15, 0.2) is 0 Å². The molecule has 72 valence electrons. The zero-order valence-corrected chi connectivity index (χ0v) is 7.67. The third-order valence-corrected chi connectivity index (χ3v) is 1.38. The van der Waals surface area contributed by atoms with Crippen LogP contribution in [0.3, 0.4) is 0 Å². The van der Waals surface area contributed by atoms with Crippen molar-refractivity contribution in [3.8, 4) is 0 Å². The topological polar surface area (TPSA) is 114 Å². The van der Waals surface area contributed by atoms with Crippen molar-refractivity contribution in [2.24, 2.45) is 5.50 Å². The maximum absolute atomic E-state index is 10.8. The molecule has 12 heavy (non-hydrogen) atoms. The number of nitrogens with one attached hydrogen (secondary N) is 2. The predicted molar refractivity (Wildman–Crippen MR) is 41.8 cm³/mol. The molecule has 0 aliphatic heterocycles. The summed E-state index contributed by atoms with van der Waals surface area (Å²) in [7, 11) is -2.67. The van der Waals surface area contributed by atoms with Crippen LogP contribution < -0.4 is 16.4 Å². The summed E-state index contributed by atoms with van der Waals surface area (Å²) in [4.78, 5) is 19.3. The Morgan fingerprint density at radius 2 is 2.25 bits per heavy atom. The lowest BCUT2D eigenvalue weighted by molar-refractivity contribution is -0.137. The van der Waals surface area contributed by atoms with Crippen molar-refractivity contribution >= 4 is 13.7 Å². The van der Waals surface area contributed by atoms with Crippen molar-refractivity contribution in [3.05, 3.63) is 0 Å². The average molecular weight is 197 g/mol. The standard InChI is InChI=1S/C4H12N3O4P/c1-3(7-6-2)4(8)11-12(5,9)10/h3,6-7H,1-2H3,(H3,5,9,10)/t3-/m0/s1. The van der Waals surface area contributed by atoms with Gasteiger partial charge in [-0.05, 0) is 14.0 Å². The minimum atomic E-state index is -4.22. The van der Waals surface area contributed by atoms with Crippen LogP contribution in [0.25, 0.3) is 0 Å². The number of carbonyl (C=O) groups excluding carboxylic acids is 1. The molecule has 0 heterocycles. The van der Waals surface area contributed by atoms with Crippen molar-refractivity contribution in [2.75, 3.05) is 7.05 Å². The molecular weight excluding hydrogens is 185 g/mol. The van der Waals surface area contributed by atoms with Crippen LogP contribution in [0, 0.1) is 0 Å². The van der Waals surface area contributed by atoms with E-state index >= 15 is 0 Å². The second-order valence-electron chi connectivity index (χ2n) is 2.09. The summed E-state index contributed by atoms with van der Waals surface area (Å²) in [6.07, 6.45) is 0. The summed E-state index contributed by atoms with van der Waals surface area (Å²) in [5.74, 6) is -0.891. The Bertz CT molecular complexity index is 202. The molecule has 2 atom stereocenters. The summed E-state index contributed by atoms with van der Waals surface area (Å²) in [5.41, 5.74) is 9.52. The quantitative estimate of drug-likeness (QED) is 0.327. The first-order chi connectivity index (χ1) is 5.37. The maximum Gasteiger partial charge on any atom is 0.455 e. The molecular formula is C4H12N3O4P. The van der Waals surface area contributed by atoms with Crippen molar-refractivity contribution in [3.63, 3.8) is 0 Å². The Morgan fingerprint density at radius 3 is 2.58 bits per heavy atom. The number of rotatable bonds is 4. The third-order valence-electron chi connectivity index (χ3n) is 0.935. The molecule has 8 heteroatoms. The van der Waals surface area contributed by atoms with Crippen molar-refractivity contribution in [2.45, 2.75) is 13.0 Å². The minimum absolute atomic E-state index is 0.737. The van der Waals surface area contributed by atoms with E-state index in [-0.39, 0.29) is 0 Å². The van der Waals surface area contributed by atoms with Gasteiger partial charge in [0.25, 0.3) is 0 Å². The lowest BCUT2D eigenvalue weighted by Gasteiger charge is -2.12. The maximum atomic E-state index is 10.8. The number of hydrazine groups is 1. The molecule has 0 aromatic heterocycles. The van der Waals surface area contributed by atoms with E-state index in [1.54, 1.807) is 7.05 Å². The van der Waals surface area contributed by atoms with Crippen LogP contribution in [-0.4, -0.2) is 24.0 Å². The van der Waals surface area contributed by atoms with E-state index in [4.69, 9.17) is 4.89 Å². The molecule has 0 rings (SSSR count). The van der Waals surface area contributed by atoms with Gasteiger partial charge in [-0.1, -0.05) is 0 Å². The molecule has 7 nitrogen and oxygen atoms in total. The molecule has 5 N–H and O–H groups in total. The molecule has 0 amide bonds. The first-order valence-electron chi connectivity index (χ1n) is 3.14. The monoisotopic (exact) mass is 197 g/mol. The molecule has 0 bridgehead atoms. The van der Waals surface area contributed by atoms with Crippen LogP contribution >= 0.6 is 7.75 Å². The van der Waals surface area contributed by atoms with Crippen molar-refractivity contribution < 1.29 is 18.8 Å². The third kappa shape index (κ3) is 5.22. The van der Waals surface area contributed by atoms with E-state index in [9.17, 15) is 9.36 Å². The van der Waals surface area contributed by atoms with Crippen LogP contribution in [0.2, 0.25) is 0 Å². The van der Waals surface area contributed by atoms with Crippen molar-refractivity contribution in [1.82, 2.24) is 10.9 Å². The highest BCUT2D eigenvalue weighted by Gasteiger charge is 2.22. The highest BCUT2D eigenvalue weighted by atomic mass is 31.2. The highest BCUT2D eigenvalue weighted by molar-refractivity contribution is 7.50. The van der Waals surface area contributed by atoms with Gasteiger partial charge in [0, 0.05) is 0 Å². The van der Waals surface area contributed by atoms with E-state index in [0.717, 1.165) is 0 Å². The Hall–Kier alpha value is -0.460. The minimum Gasteiger partial charge on any atom is -0.379 e. The summed E-state index contributed by atoms with van der Waals surface area (Å²) in [5, 5.41) is 0. The number of hydrogen-bond acceptors (Lipinski definition) is 5.